The summed E-state index contributed by atoms with van der Waals surface area (Å²) in [4.78, 5) is 9.05. The molecule has 0 saturated carbocycles. The van der Waals surface area contributed by atoms with E-state index in [0.717, 1.165) is 33.7 Å². The molecule has 1 aromatic heterocycles. The molecule has 0 spiro atoms. The van der Waals surface area contributed by atoms with Gasteiger partial charge in [-0.2, -0.15) is 0 Å². The van der Waals surface area contributed by atoms with Gasteiger partial charge >= 0.3 is 0 Å². The summed E-state index contributed by atoms with van der Waals surface area (Å²) in [5.74, 6) is 0.848. The Morgan fingerprint density at radius 3 is 2.39 bits per heavy atom. The van der Waals surface area contributed by atoms with Crippen LogP contribution >= 0.6 is 15.9 Å². The lowest BCUT2D eigenvalue weighted by molar-refractivity contribution is 0.867. The van der Waals surface area contributed by atoms with Gasteiger partial charge in [-0.05, 0) is 31.5 Å². The molecular weight excluding hydrogens is 290 g/mol. The van der Waals surface area contributed by atoms with Crippen molar-refractivity contribution in [3.63, 3.8) is 0 Å². The van der Waals surface area contributed by atoms with Gasteiger partial charge in [-0.1, -0.05) is 28.1 Å². The van der Waals surface area contributed by atoms with Crippen LogP contribution in [0.15, 0.2) is 28.7 Å². The standard InChI is InChI=1S/C14H16BrN3/c1-9-13(8-16)10(2)18-14(17-9)7-11-4-3-5-12(15)6-11/h3-6H,7-8,16H2,1-2H3. The molecular formula is C14H16BrN3. The van der Waals surface area contributed by atoms with Crippen molar-refractivity contribution in [1.82, 2.24) is 9.97 Å². The van der Waals surface area contributed by atoms with Crippen LogP contribution in [0.25, 0.3) is 0 Å². The van der Waals surface area contributed by atoms with Gasteiger partial charge in [-0.3, -0.25) is 0 Å². The summed E-state index contributed by atoms with van der Waals surface area (Å²) < 4.78 is 1.08. The zero-order chi connectivity index (χ0) is 13.1. The summed E-state index contributed by atoms with van der Waals surface area (Å²) >= 11 is 3.47. The normalized spacial score (nSPS) is 10.7. The number of hydrogen-bond acceptors (Lipinski definition) is 3. The van der Waals surface area contributed by atoms with E-state index in [1.807, 2.05) is 26.0 Å². The zero-order valence-corrected chi connectivity index (χ0v) is 12.2. The first-order chi connectivity index (χ1) is 8.60. The minimum Gasteiger partial charge on any atom is -0.326 e. The van der Waals surface area contributed by atoms with E-state index >= 15 is 0 Å². The number of halogens is 1. The Hall–Kier alpha value is -1.26. The Morgan fingerprint density at radius 1 is 1.17 bits per heavy atom. The third-order valence-electron chi connectivity index (χ3n) is 2.92. The average molecular weight is 306 g/mol. The molecule has 0 aliphatic heterocycles. The van der Waals surface area contributed by atoms with Gasteiger partial charge in [-0.15, -0.1) is 0 Å². The molecule has 3 nitrogen and oxygen atoms in total. The fourth-order valence-electron chi connectivity index (χ4n) is 2.01. The quantitative estimate of drug-likeness (QED) is 0.948. The Kier molecular flexibility index (Phi) is 4.09. The van der Waals surface area contributed by atoms with E-state index in [1.165, 1.54) is 5.56 Å². The predicted molar refractivity (Wildman–Crippen MR) is 76.3 cm³/mol. The molecule has 2 aromatic rings. The first kappa shape index (κ1) is 13.2. The summed E-state index contributed by atoms with van der Waals surface area (Å²) in [6, 6.07) is 8.20. The highest BCUT2D eigenvalue weighted by Crippen LogP contribution is 2.15. The van der Waals surface area contributed by atoms with E-state index in [9.17, 15) is 0 Å². The summed E-state index contributed by atoms with van der Waals surface area (Å²) in [7, 11) is 0. The van der Waals surface area contributed by atoms with E-state index in [2.05, 4.69) is 38.0 Å². The molecule has 0 atom stereocenters. The lowest BCUT2D eigenvalue weighted by Gasteiger charge is -2.09. The van der Waals surface area contributed by atoms with Crippen LogP contribution in [-0.2, 0) is 13.0 Å². The Labute approximate surface area is 116 Å². The van der Waals surface area contributed by atoms with Crippen molar-refractivity contribution < 1.29 is 0 Å². The highest BCUT2D eigenvalue weighted by atomic mass is 79.9. The third-order valence-corrected chi connectivity index (χ3v) is 3.42. The van der Waals surface area contributed by atoms with Crippen molar-refractivity contribution in [2.45, 2.75) is 26.8 Å². The van der Waals surface area contributed by atoms with Gasteiger partial charge in [0.05, 0.1) is 0 Å². The van der Waals surface area contributed by atoms with Gasteiger partial charge in [0, 0.05) is 34.4 Å². The molecule has 1 aromatic carbocycles. The summed E-state index contributed by atoms with van der Waals surface area (Å²) in [5.41, 5.74) is 9.90. The molecule has 0 fully saturated rings. The van der Waals surface area contributed by atoms with Crippen LogP contribution in [0.1, 0.15) is 28.3 Å². The predicted octanol–water partition coefficient (Wildman–Crippen LogP) is 2.91. The van der Waals surface area contributed by atoms with Gasteiger partial charge in [-0.25, -0.2) is 9.97 Å². The number of rotatable bonds is 3. The molecule has 2 N–H and O–H groups in total. The summed E-state index contributed by atoms with van der Waals surface area (Å²) in [6.45, 7) is 4.47. The van der Waals surface area contributed by atoms with Crippen LogP contribution in [0.5, 0.6) is 0 Å². The van der Waals surface area contributed by atoms with E-state index in [1.54, 1.807) is 0 Å². The van der Waals surface area contributed by atoms with Gasteiger partial charge in [0.2, 0.25) is 0 Å². The molecule has 2 rings (SSSR count). The molecule has 4 heteroatoms. The van der Waals surface area contributed by atoms with Crippen molar-refractivity contribution in [1.29, 1.82) is 0 Å². The van der Waals surface area contributed by atoms with E-state index in [0.29, 0.717) is 6.54 Å². The number of hydrogen-bond donors (Lipinski definition) is 1. The number of nitrogens with zero attached hydrogens (tertiary/aromatic N) is 2. The van der Waals surface area contributed by atoms with Gasteiger partial charge in [0.1, 0.15) is 5.82 Å². The molecule has 0 saturated heterocycles. The lowest BCUT2D eigenvalue weighted by Crippen LogP contribution is -2.09. The van der Waals surface area contributed by atoms with Gasteiger partial charge < -0.3 is 5.73 Å². The topological polar surface area (TPSA) is 51.8 Å². The van der Waals surface area contributed by atoms with Crippen LogP contribution in [0.3, 0.4) is 0 Å². The minimum absolute atomic E-state index is 0.495. The molecule has 94 valence electrons. The second-order valence-corrected chi connectivity index (χ2v) is 5.22. The van der Waals surface area contributed by atoms with E-state index in [-0.39, 0.29) is 0 Å². The Balaban J connectivity index is 2.30. The number of benzene rings is 1. The summed E-state index contributed by atoms with van der Waals surface area (Å²) in [6.07, 6.45) is 0.742. The maximum absolute atomic E-state index is 5.69. The van der Waals surface area contributed by atoms with Gasteiger partial charge in [0.15, 0.2) is 0 Å². The van der Waals surface area contributed by atoms with Crippen LogP contribution in [0, 0.1) is 13.8 Å². The molecule has 0 bridgehead atoms. The molecule has 0 radical (unpaired) electrons. The Morgan fingerprint density at radius 2 is 1.83 bits per heavy atom. The SMILES string of the molecule is Cc1nc(Cc2cccc(Br)c2)nc(C)c1CN. The smallest absolute Gasteiger partial charge is 0.133 e. The van der Waals surface area contributed by atoms with Gasteiger partial charge in [0.25, 0.3) is 0 Å². The molecule has 1 heterocycles. The fourth-order valence-corrected chi connectivity index (χ4v) is 2.46. The fraction of sp³-hybridized carbons (Fsp3) is 0.286. The molecule has 0 amide bonds. The van der Waals surface area contributed by atoms with E-state index in [4.69, 9.17) is 5.73 Å². The maximum atomic E-state index is 5.69. The van der Waals surface area contributed by atoms with Crippen LogP contribution in [-0.4, -0.2) is 9.97 Å². The molecule has 0 aliphatic rings. The van der Waals surface area contributed by atoms with Crippen molar-refractivity contribution >= 4 is 15.9 Å². The highest BCUT2D eigenvalue weighted by Gasteiger charge is 2.07. The van der Waals surface area contributed by atoms with Crippen LogP contribution < -0.4 is 5.73 Å². The molecule has 0 aliphatic carbocycles. The van der Waals surface area contributed by atoms with Crippen molar-refractivity contribution in [3.05, 3.63) is 57.1 Å². The first-order valence-electron chi connectivity index (χ1n) is 5.87. The summed E-state index contributed by atoms with van der Waals surface area (Å²) in [5, 5.41) is 0. The number of aromatic nitrogens is 2. The Bertz CT molecular complexity index is 544. The largest absolute Gasteiger partial charge is 0.326 e. The highest BCUT2D eigenvalue weighted by molar-refractivity contribution is 9.10. The maximum Gasteiger partial charge on any atom is 0.133 e. The number of nitrogens with two attached hydrogens (primary N) is 1. The molecule has 18 heavy (non-hydrogen) atoms. The zero-order valence-electron chi connectivity index (χ0n) is 10.6. The third kappa shape index (κ3) is 2.94. The minimum atomic E-state index is 0.495. The van der Waals surface area contributed by atoms with E-state index < -0.39 is 0 Å². The van der Waals surface area contributed by atoms with Crippen molar-refractivity contribution in [2.75, 3.05) is 0 Å². The lowest BCUT2D eigenvalue weighted by atomic mass is 10.1. The average Bonchev–Trinajstić information content (AvgIpc) is 2.28. The number of aryl methyl sites for hydroxylation is 2. The second kappa shape index (κ2) is 5.59. The van der Waals surface area contributed by atoms with Crippen molar-refractivity contribution in [2.24, 2.45) is 5.73 Å². The first-order valence-corrected chi connectivity index (χ1v) is 6.67. The molecule has 0 unspecified atom stereocenters. The van der Waals surface area contributed by atoms with Crippen molar-refractivity contribution in [3.8, 4) is 0 Å². The monoisotopic (exact) mass is 305 g/mol. The van der Waals surface area contributed by atoms with Crippen LogP contribution in [0.2, 0.25) is 0 Å². The second-order valence-electron chi connectivity index (χ2n) is 4.30. The van der Waals surface area contributed by atoms with Crippen LogP contribution in [0.4, 0.5) is 0 Å².